The summed E-state index contributed by atoms with van der Waals surface area (Å²) in [6.07, 6.45) is -4.47. The Labute approximate surface area is 116 Å². The van der Waals surface area contributed by atoms with Gasteiger partial charge in [0.05, 0.1) is 5.52 Å². The molecular weight excluding hydrogens is 291 g/mol. The second-order valence-corrected chi connectivity index (χ2v) is 4.28. The topological polar surface area (TPSA) is 78.3 Å². The van der Waals surface area contributed by atoms with Crippen molar-refractivity contribution in [1.29, 1.82) is 0 Å². The van der Waals surface area contributed by atoms with Crippen molar-refractivity contribution in [2.75, 3.05) is 18.4 Å². The van der Waals surface area contributed by atoms with Gasteiger partial charge in [-0.3, -0.25) is 4.98 Å². The number of fused-ring (bicyclic) bond motifs is 1. The summed E-state index contributed by atoms with van der Waals surface area (Å²) in [5.74, 6) is -0.652. The number of hydrogen-bond donors (Lipinski definition) is 2. The fourth-order valence-electron chi connectivity index (χ4n) is 1.77. The number of anilines is 1. The molecule has 21 heavy (non-hydrogen) atoms. The Morgan fingerprint density at radius 1 is 1.43 bits per heavy atom. The van der Waals surface area contributed by atoms with Crippen molar-refractivity contribution in [3.63, 3.8) is 0 Å². The first kappa shape index (κ1) is 14.9. The SMILES string of the molecule is CCN(CC(F)(F)F)C(=O)Nc1ccc2[nH]c(=O)oc2c1. The van der Waals surface area contributed by atoms with Gasteiger partial charge in [0.1, 0.15) is 6.54 Å². The highest BCUT2D eigenvalue weighted by molar-refractivity contribution is 5.91. The summed E-state index contributed by atoms with van der Waals surface area (Å²) in [7, 11) is 0. The molecule has 0 saturated carbocycles. The standard InChI is InChI=1S/C12H12F3N3O3/c1-2-18(6-12(13,14)15)10(19)16-7-3-4-8-9(5-7)21-11(20)17-8/h3-5H,2,6H2,1H3,(H,16,19)(H,17,20). The van der Waals surface area contributed by atoms with E-state index >= 15 is 0 Å². The fourth-order valence-corrected chi connectivity index (χ4v) is 1.77. The van der Waals surface area contributed by atoms with E-state index in [4.69, 9.17) is 4.42 Å². The van der Waals surface area contributed by atoms with E-state index in [9.17, 15) is 22.8 Å². The van der Waals surface area contributed by atoms with E-state index in [2.05, 4.69) is 10.3 Å². The maximum atomic E-state index is 12.3. The van der Waals surface area contributed by atoms with Crippen LogP contribution in [0, 0.1) is 0 Å². The minimum atomic E-state index is -4.47. The van der Waals surface area contributed by atoms with E-state index in [1.54, 1.807) is 0 Å². The van der Waals surface area contributed by atoms with E-state index in [1.807, 2.05) is 0 Å². The van der Waals surface area contributed by atoms with Crippen LogP contribution in [0.15, 0.2) is 27.4 Å². The van der Waals surface area contributed by atoms with E-state index in [1.165, 1.54) is 25.1 Å². The van der Waals surface area contributed by atoms with E-state index in [-0.39, 0.29) is 17.8 Å². The lowest BCUT2D eigenvalue weighted by atomic mass is 10.3. The molecule has 0 aliphatic carbocycles. The Morgan fingerprint density at radius 2 is 2.14 bits per heavy atom. The summed E-state index contributed by atoms with van der Waals surface area (Å²) >= 11 is 0. The molecule has 2 amide bonds. The van der Waals surface area contributed by atoms with Gasteiger partial charge in [-0.2, -0.15) is 13.2 Å². The molecule has 0 atom stereocenters. The molecule has 0 spiro atoms. The van der Waals surface area contributed by atoms with Gasteiger partial charge in [0.25, 0.3) is 0 Å². The molecule has 0 bridgehead atoms. The molecule has 2 rings (SSSR count). The van der Waals surface area contributed by atoms with Crippen molar-refractivity contribution in [3.8, 4) is 0 Å². The number of benzene rings is 1. The number of amides is 2. The normalized spacial score (nSPS) is 11.6. The van der Waals surface area contributed by atoms with Gasteiger partial charge in [0.15, 0.2) is 5.58 Å². The molecule has 0 fully saturated rings. The molecule has 2 aromatic rings. The monoisotopic (exact) mass is 303 g/mol. The number of nitrogens with one attached hydrogen (secondary N) is 2. The predicted molar refractivity (Wildman–Crippen MR) is 69.2 cm³/mol. The van der Waals surface area contributed by atoms with Crippen LogP contribution in [0.3, 0.4) is 0 Å². The van der Waals surface area contributed by atoms with Gasteiger partial charge in [-0.25, -0.2) is 9.59 Å². The van der Waals surface area contributed by atoms with Gasteiger partial charge in [0.2, 0.25) is 0 Å². The van der Waals surface area contributed by atoms with Gasteiger partial charge in [-0.05, 0) is 19.1 Å². The Morgan fingerprint density at radius 3 is 2.76 bits per heavy atom. The predicted octanol–water partition coefficient (Wildman–Crippen LogP) is 2.54. The summed E-state index contributed by atoms with van der Waals surface area (Å²) in [4.78, 5) is 25.8. The average molecular weight is 303 g/mol. The number of hydrogen-bond acceptors (Lipinski definition) is 3. The first-order chi connectivity index (χ1) is 9.78. The minimum Gasteiger partial charge on any atom is -0.408 e. The summed E-state index contributed by atoms with van der Waals surface area (Å²) in [5, 5.41) is 2.33. The molecule has 1 aromatic heterocycles. The number of H-pyrrole nitrogens is 1. The van der Waals surface area contributed by atoms with Gasteiger partial charge in [0, 0.05) is 18.3 Å². The van der Waals surface area contributed by atoms with Crippen LogP contribution >= 0.6 is 0 Å². The lowest BCUT2D eigenvalue weighted by Gasteiger charge is -2.22. The fraction of sp³-hybridized carbons (Fsp3) is 0.333. The summed E-state index contributed by atoms with van der Waals surface area (Å²) in [5.41, 5.74) is 0.869. The maximum Gasteiger partial charge on any atom is 0.417 e. The smallest absolute Gasteiger partial charge is 0.408 e. The number of urea groups is 1. The summed E-state index contributed by atoms with van der Waals surface area (Å²) in [6, 6.07) is 3.40. The first-order valence-electron chi connectivity index (χ1n) is 6.04. The minimum absolute atomic E-state index is 0.0905. The number of carbonyl (C=O) groups excluding carboxylic acids is 1. The number of halogens is 3. The summed E-state index contributed by atoms with van der Waals surface area (Å²) in [6.45, 7) is 0.0172. The number of carbonyl (C=O) groups is 1. The zero-order valence-corrected chi connectivity index (χ0v) is 11.0. The molecule has 0 radical (unpaired) electrons. The average Bonchev–Trinajstić information content (AvgIpc) is 2.74. The lowest BCUT2D eigenvalue weighted by molar-refractivity contribution is -0.139. The highest BCUT2D eigenvalue weighted by Crippen LogP contribution is 2.19. The van der Waals surface area contributed by atoms with Gasteiger partial charge >= 0.3 is 18.0 Å². The van der Waals surface area contributed by atoms with Crippen LogP contribution in [0.5, 0.6) is 0 Å². The second kappa shape index (κ2) is 5.51. The molecule has 0 saturated heterocycles. The molecular formula is C12H12F3N3O3. The van der Waals surface area contributed by atoms with Crippen molar-refractivity contribution in [3.05, 3.63) is 28.7 Å². The Balaban J connectivity index is 2.14. The lowest BCUT2D eigenvalue weighted by Crippen LogP contribution is -2.41. The third kappa shape index (κ3) is 3.77. The zero-order chi connectivity index (χ0) is 15.6. The quantitative estimate of drug-likeness (QED) is 0.914. The number of aromatic amines is 1. The van der Waals surface area contributed by atoms with Gasteiger partial charge in [-0.15, -0.1) is 0 Å². The van der Waals surface area contributed by atoms with Gasteiger partial charge in [-0.1, -0.05) is 0 Å². The third-order valence-electron chi connectivity index (χ3n) is 2.71. The Kier molecular flexibility index (Phi) is 3.92. The summed E-state index contributed by atoms with van der Waals surface area (Å²) < 4.78 is 41.8. The number of alkyl halides is 3. The van der Waals surface area contributed by atoms with E-state index in [0.717, 1.165) is 0 Å². The van der Waals surface area contributed by atoms with Crippen LogP contribution in [0.1, 0.15) is 6.92 Å². The maximum absolute atomic E-state index is 12.3. The van der Waals surface area contributed by atoms with Crippen molar-refractivity contribution in [2.45, 2.75) is 13.1 Å². The highest BCUT2D eigenvalue weighted by atomic mass is 19.4. The first-order valence-corrected chi connectivity index (χ1v) is 6.04. The largest absolute Gasteiger partial charge is 0.417 e. The molecule has 6 nitrogen and oxygen atoms in total. The number of nitrogens with zero attached hydrogens (tertiary/aromatic N) is 1. The van der Waals surface area contributed by atoms with Crippen LogP contribution in [0.4, 0.5) is 23.7 Å². The van der Waals surface area contributed by atoms with Crippen LogP contribution in [-0.4, -0.2) is 35.2 Å². The molecule has 9 heteroatoms. The van der Waals surface area contributed by atoms with Crippen molar-refractivity contribution in [1.82, 2.24) is 9.88 Å². The Hall–Kier alpha value is -2.45. The van der Waals surface area contributed by atoms with Crippen LogP contribution in [-0.2, 0) is 0 Å². The van der Waals surface area contributed by atoms with Crippen molar-refractivity contribution >= 4 is 22.8 Å². The highest BCUT2D eigenvalue weighted by Gasteiger charge is 2.32. The molecule has 1 aromatic carbocycles. The number of rotatable bonds is 3. The van der Waals surface area contributed by atoms with Crippen molar-refractivity contribution in [2.24, 2.45) is 0 Å². The molecule has 0 aliphatic rings. The van der Waals surface area contributed by atoms with Crippen LogP contribution < -0.4 is 11.1 Å². The molecule has 2 N–H and O–H groups in total. The Bertz CT molecular complexity index is 705. The second-order valence-electron chi connectivity index (χ2n) is 4.28. The zero-order valence-electron chi connectivity index (χ0n) is 11.0. The van der Waals surface area contributed by atoms with Crippen LogP contribution in [0.2, 0.25) is 0 Å². The van der Waals surface area contributed by atoms with Gasteiger partial charge < -0.3 is 14.6 Å². The third-order valence-corrected chi connectivity index (χ3v) is 2.71. The number of aromatic nitrogens is 1. The molecule has 1 heterocycles. The van der Waals surface area contributed by atoms with Crippen molar-refractivity contribution < 1.29 is 22.4 Å². The number of oxazole rings is 1. The van der Waals surface area contributed by atoms with E-state index in [0.29, 0.717) is 10.4 Å². The molecule has 0 unspecified atom stereocenters. The molecule has 0 aliphatic heterocycles. The molecule has 114 valence electrons. The van der Waals surface area contributed by atoms with E-state index < -0.39 is 24.5 Å². The van der Waals surface area contributed by atoms with Crippen LogP contribution in [0.25, 0.3) is 11.1 Å².